The van der Waals surface area contributed by atoms with Crippen molar-refractivity contribution in [2.24, 2.45) is 0 Å². The van der Waals surface area contributed by atoms with E-state index < -0.39 is 6.10 Å². The number of nitrogens with one attached hydrogen (secondary N) is 1. The molecule has 1 atom stereocenters. The number of nitrogens with zero attached hydrogens (tertiary/aromatic N) is 1. The number of rotatable bonds is 3. The smallest absolute Gasteiger partial charge is 0.260 e. The molecule has 4 heteroatoms. The van der Waals surface area contributed by atoms with Crippen LogP contribution in [0.25, 0.3) is 0 Å². The first kappa shape index (κ1) is 9.51. The van der Waals surface area contributed by atoms with Gasteiger partial charge in [-0.2, -0.15) is 0 Å². The summed E-state index contributed by atoms with van der Waals surface area (Å²) < 4.78 is 5.29. The molecule has 0 aromatic carbocycles. The van der Waals surface area contributed by atoms with Gasteiger partial charge in [0, 0.05) is 13.2 Å². The van der Waals surface area contributed by atoms with E-state index in [1.165, 1.54) is 0 Å². The molecule has 0 radical (unpaired) electrons. The predicted octanol–water partition coefficient (Wildman–Crippen LogP) is 0.595. The van der Waals surface area contributed by atoms with Crippen molar-refractivity contribution in [3.8, 4) is 5.75 Å². The molecule has 1 aromatic rings. The number of ether oxygens (including phenoxy) is 1. The van der Waals surface area contributed by atoms with Gasteiger partial charge in [0.15, 0.2) is 6.10 Å². The number of aromatic nitrogens is 1. The Bertz CT molecular complexity index is 274. The second-order valence-corrected chi connectivity index (χ2v) is 2.56. The van der Waals surface area contributed by atoms with Crippen LogP contribution in [0.15, 0.2) is 24.5 Å². The largest absolute Gasteiger partial charge is 0.479 e. The van der Waals surface area contributed by atoms with Crippen LogP contribution in [0, 0.1) is 0 Å². The zero-order valence-electron chi connectivity index (χ0n) is 7.65. The molecule has 4 nitrogen and oxygen atoms in total. The van der Waals surface area contributed by atoms with Crippen molar-refractivity contribution in [1.29, 1.82) is 0 Å². The molecule has 0 aliphatic heterocycles. The molecule has 0 saturated carbocycles. The Morgan fingerprint density at radius 2 is 2.46 bits per heavy atom. The van der Waals surface area contributed by atoms with E-state index in [1.54, 1.807) is 38.5 Å². The van der Waals surface area contributed by atoms with Gasteiger partial charge in [-0.3, -0.25) is 9.78 Å². The third kappa shape index (κ3) is 2.74. The van der Waals surface area contributed by atoms with Gasteiger partial charge in [0.05, 0.1) is 6.20 Å². The van der Waals surface area contributed by atoms with Gasteiger partial charge in [0.25, 0.3) is 5.91 Å². The third-order valence-corrected chi connectivity index (χ3v) is 1.56. The maximum atomic E-state index is 11.1. The lowest BCUT2D eigenvalue weighted by Crippen LogP contribution is -2.33. The Labute approximate surface area is 76.9 Å². The lowest BCUT2D eigenvalue weighted by molar-refractivity contribution is -0.126. The van der Waals surface area contributed by atoms with Crippen molar-refractivity contribution < 1.29 is 9.53 Å². The molecule has 0 saturated heterocycles. The van der Waals surface area contributed by atoms with Crippen molar-refractivity contribution in [2.45, 2.75) is 13.0 Å². The minimum atomic E-state index is -0.491. The Balaban J connectivity index is 2.55. The molecule has 13 heavy (non-hydrogen) atoms. The number of likely N-dealkylation sites (N-methyl/N-ethyl adjacent to an activating group) is 1. The summed E-state index contributed by atoms with van der Waals surface area (Å²) in [6.07, 6.45) is 2.73. The molecule has 1 rings (SSSR count). The molecule has 0 aliphatic carbocycles. The van der Waals surface area contributed by atoms with E-state index in [0.29, 0.717) is 5.75 Å². The topological polar surface area (TPSA) is 51.2 Å². The fourth-order valence-corrected chi connectivity index (χ4v) is 0.878. The first-order valence-corrected chi connectivity index (χ1v) is 4.02. The first-order valence-electron chi connectivity index (χ1n) is 4.02. The molecule has 1 unspecified atom stereocenters. The maximum absolute atomic E-state index is 11.1. The molecular formula is C9H12N2O2. The summed E-state index contributed by atoms with van der Waals surface area (Å²) in [5.74, 6) is 0.447. The second kappa shape index (κ2) is 4.45. The van der Waals surface area contributed by atoms with E-state index in [2.05, 4.69) is 10.3 Å². The van der Waals surface area contributed by atoms with Crippen LogP contribution < -0.4 is 10.1 Å². The second-order valence-electron chi connectivity index (χ2n) is 2.56. The highest BCUT2D eigenvalue weighted by atomic mass is 16.5. The average molecular weight is 180 g/mol. The van der Waals surface area contributed by atoms with Crippen molar-refractivity contribution in [3.63, 3.8) is 0 Å². The van der Waals surface area contributed by atoms with Crippen LogP contribution in [0.2, 0.25) is 0 Å². The predicted molar refractivity (Wildman–Crippen MR) is 48.4 cm³/mol. The van der Waals surface area contributed by atoms with Gasteiger partial charge < -0.3 is 10.1 Å². The fourth-order valence-electron chi connectivity index (χ4n) is 0.878. The van der Waals surface area contributed by atoms with Crippen molar-refractivity contribution in [2.75, 3.05) is 7.05 Å². The summed E-state index contributed by atoms with van der Waals surface area (Å²) in [5, 5.41) is 2.50. The SMILES string of the molecule is CNC(=O)C(C)Oc1cccnc1. The Morgan fingerprint density at radius 1 is 1.69 bits per heavy atom. The number of carbonyl (C=O) groups is 1. The van der Waals surface area contributed by atoms with Gasteiger partial charge in [-0.05, 0) is 19.1 Å². The molecule has 0 spiro atoms. The molecule has 70 valence electrons. The van der Waals surface area contributed by atoms with E-state index in [9.17, 15) is 4.79 Å². The molecule has 1 heterocycles. The normalized spacial score (nSPS) is 11.8. The highest BCUT2D eigenvalue weighted by Gasteiger charge is 2.11. The average Bonchev–Trinajstić information content (AvgIpc) is 2.18. The molecule has 1 aromatic heterocycles. The molecule has 1 amide bonds. The zero-order valence-corrected chi connectivity index (χ0v) is 7.65. The van der Waals surface area contributed by atoms with Crippen LogP contribution in [0.1, 0.15) is 6.92 Å². The van der Waals surface area contributed by atoms with E-state index >= 15 is 0 Å². The van der Waals surface area contributed by atoms with Crippen LogP contribution in [0.5, 0.6) is 5.75 Å². The summed E-state index contributed by atoms with van der Waals surface area (Å²) in [7, 11) is 1.57. The zero-order chi connectivity index (χ0) is 9.68. The Hall–Kier alpha value is -1.58. The van der Waals surface area contributed by atoms with Gasteiger partial charge in [0.1, 0.15) is 5.75 Å². The molecule has 0 bridgehead atoms. The van der Waals surface area contributed by atoms with E-state index in [0.717, 1.165) is 0 Å². The van der Waals surface area contributed by atoms with E-state index in [-0.39, 0.29) is 5.91 Å². The van der Waals surface area contributed by atoms with Gasteiger partial charge in [-0.1, -0.05) is 0 Å². The number of pyridine rings is 1. The lowest BCUT2D eigenvalue weighted by atomic mass is 10.3. The number of carbonyl (C=O) groups excluding carboxylic acids is 1. The summed E-state index contributed by atoms with van der Waals surface area (Å²) in [6, 6.07) is 3.51. The third-order valence-electron chi connectivity index (χ3n) is 1.56. The monoisotopic (exact) mass is 180 g/mol. The van der Waals surface area contributed by atoms with Crippen LogP contribution in [0.3, 0.4) is 0 Å². The molecular weight excluding hydrogens is 168 g/mol. The van der Waals surface area contributed by atoms with Gasteiger partial charge in [-0.25, -0.2) is 0 Å². The Morgan fingerprint density at radius 3 is 3.00 bits per heavy atom. The minimum absolute atomic E-state index is 0.149. The fraction of sp³-hybridized carbons (Fsp3) is 0.333. The summed E-state index contributed by atoms with van der Waals surface area (Å²) in [5.41, 5.74) is 0. The summed E-state index contributed by atoms with van der Waals surface area (Å²) >= 11 is 0. The molecule has 1 N–H and O–H groups in total. The summed E-state index contributed by atoms with van der Waals surface area (Å²) in [4.78, 5) is 14.9. The quantitative estimate of drug-likeness (QED) is 0.740. The van der Waals surface area contributed by atoms with Crippen molar-refractivity contribution in [3.05, 3.63) is 24.5 Å². The van der Waals surface area contributed by atoms with Crippen molar-refractivity contribution >= 4 is 5.91 Å². The van der Waals surface area contributed by atoms with Crippen LogP contribution in [-0.2, 0) is 4.79 Å². The lowest BCUT2D eigenvalue weighted by Gasteiger charge is -2.11. The van der Waals surface area contributed by atoms with Crippen LogP contribution in [-0.4, -0.2) is 24.0 Å². The number of hydrogen-bond acceptors (Lipinski definition) is 3. The number of amides is 1. The minimum Gasteiger partial charge on any atom is -0.479 e. The molecule has 0 fully saturated rings. The van der Waals surface area contributed by atoms with Crippen LogP contribution in [0.4, 0.5) is 0 Å². The van der Waals surface area contributed by atoms with Gasteiger partial charge in [0.2, 0.25) is 0 Å². The first-order chi connectivity index (χ1) is 6.24. The standard InChI is InChI=1S/C9H12N2O2/c1-7(9(12)10-2)13-8-4-3-5-11-6-8/h3-7H,1-2H3,(H,10,12). The number of hydrogen-bond donors (Lipinski definition) is 1. The van der Waals surface area contributed by atoms with Crippen molar-refractivity contribution in [1.82, 2.24) is 10.3 Å². The highest BCUT2D eigenvalue weighted by molar-refractivity contribution is 5.80. The van der Waals surface area contributed by atoms with E-state index in [1.807, 2.05) is 0 Å². The Kier molecular flexibility index (Phi) is 3.25. The maximum Gasteiger partial charge on any atom is 0.260 e. The highest BCUT2D eigenvalue weighted by Crippen LogP contribution is 2.08. The van der Waals surface area contributed by atoms with Gasteiger partial charge in [-0.15, -0.1) is 0 Å². The summed E-state index contributed by atoms with van der Waals surface area (Å²) in [6.45, 7) is 1.69. The molecule has 0 aliphatic rings. The van der Waals surface area contributed by atoms with Crippen LogP contribution >= 0.6 is 0 Å². The van der Waals surface area contributed by atoms with E-state index in [4.69, 9.17) is 4.74 Å². The van der Waals surface area contributed by atoms with Gasteiger partial charge >= 0.3 is 0 Å².